The van der Waals surface area contributed by atoms with Gasteiger partial charge in [-0.2, -0.15) is 4.98 Å². The lowest BCUT2D eigenvalue weighted by Gasteiger charge is -2.11. The Morgan fingerprint density at radius 1 is 1.25 bits per heavy atom. The van der Waals surface area contributed by atoms with Crippen molar-refractivity contribution in [2.45, 2.75) is 39.3 Å². The monoisotopic (exact) mass is 384 g/mol. The molecule has 146 valence electrons. The molecule has 2 amide bonds. The summed E-state index contributed by atoms with van der Waals surface area (Å²) in [6, 6.07) is 4.53. The fraction of sp³-hybridized carbons (Fsp3) is 0.368. The Kier molecular flexibility index (Phi) is 4.82. The third-order valence-electron chi connectivity index (χ3n) is 4.64. The number of nitrogens with zero attached hydrogens (tertiary/aromatic N) is 2. The molecule has 1 atom stereocenters. The molecule has 1 aliphatic rings. The highest BCUT2D eigenvalue weighted by molar-refractivity contribution is 5.94. The first kappa shape index (κ1) is 18.2. The molecule has 4 rings (SSSR count). The number of hydrogen-bond acceptors (Lipinski definition) is 7. The van der Waals surface area contributed by atoms with Crippen LogP contribution in [0.1, 0.15) is 41.8 Å². The first-order valence-electron chi connectivity index (χ1n) is 9.03. The Morgan fingerprint density at radius 2 is 2.11 bits per heavy atom. The zero-order valence-electron chi connectivity index (χ0n) is 15.6. The zero-order valence-corrected chi connectivity index (χ0v) is 15.6. The zero-order chi connectivity index (χ0) is 19.7. The maximum Gasteiger partial charge on any atom is 0.336 e. The summed E-state index contributed by atoms with van der Waals surface area (Å²) in [5, 5.41) is 10.1. The Hall–Kier alpha value is -3.20. The maximum atomic E-state index is 12.3. The van der Waals surface area contributed by atoms with Gasteiger partial charge in [0.25, 0.3) is 5.89 Å². The van der Waals surface area contributed by atoms with Crippen LogP contribution in [0.4, 0.5) is 10.5 Å². The van der Waals surface area contributed by atoms with E-state index in [9.17, 15) is 9.59 Å². The molecule has 9 heteroatoms. The molecular weight excluding hydrogens is 364 g/mol. The number of carbonyl (C=O) groups excluding carboxylic acids is 1. The van der Waals surface area contributed by atoms with Gasteiger partial charge in [0.1, 0.15) is 11.7 Å². The molecule has 1 aliphatic heterocycles. The van der Waals surface area contributed by atoms with E-state index in [1.54, 1.807) is 12.1 Å². The van der Waals surface area contributed by atoms with E-state index < -0.39 is 11.7 Å². The number of fused-ring (bicyclic) bond motifs is 1. The normalized spacial score (nSPS) is 16.4. The average molecular weight is 384 g/mol. The first-order valence-corrected chi connectivity index (χ1v) is 9.03. The molecule has 1 fully saturated rings. The number of aromatic nitrogens is 2. The Labute approximate surface area is 160 Å². The van der Waals surface area contributed by atoms with Crippen molar-refractivity contribution >= 4 is 22.7 Å². The third-order valence-corrected chi connectivity index (χ3v) is 4.64. The minimum Gasteiger partial charge on any atom is -0.423 e. The van der Waals surface area contributed by atoms with Crippen LogP contribution in [0.2, 0.25) is 0 Å². The summed E-state index contributed by atoms with van der Waals surface area (Å²) in [5.74, 6) is 0.825. The number of amides is 2. The summed E-state index contributed by atoms with van der Waals surface area (Å²) < 4.78 is 15.9. The van der Waals surface area contributed by atoms with Gasteiger partial charge in [-0.15, -0.1) is 0 Å². The smallest absolute Gasteiger partial charge is 0.336 e. The molecule has 1 aromatic carbocycles. The van der Waals surface area contributed by atoms with Gasteiger partial charge in [-0.25, -0.2) is 9.59 Å². The number of anilines is 1. The highest BCUT2D eigenvalue weighted by atomic mass is 16.5. The van der Waals surface area contributed by atoms with Crippen molar-refractivity contribution in [1.29, 1.82) is 0 Å². The SMILES string of the molecule is Cc1cc2oc(=O)cc(C)c2cc1NC(=O)NCc1noc([C@H]2CCCO2)n1. The highest BCUT2D eigenvalue weighted by Gasteiger charge is 2.23. The first-order chi connectivity index (χ1) is 13.5. The molecule has 2 N–H and O–H groups in total. The second kappa shape index (κ2) is 7.43. The average Bonchev–Trinajstić information content (AvgIpc) is 3.32. The van der Waals surface area contributed by atoms with E-state index in [2.05, 4.69) is 20.8 Å². The maximum absolute atomic E-state index is 12.3. The number of benzene rings is 1. The molecule has 2 aromatic heterocycles. The predicted octanol–water partition coefficient (Wildman–Crippen LogP) is 2.97. The molecule has 3 heterocycles. The molecule has 0 unspecified atom stereocenters. The summed E-state index contributed by atoms with van der Waals surface area (Å²) in [7, 11) is 0. The van der Waals surface area contributed by atoms with E-state index in [-0.39, 0.29) is 12.6 Å². The molecule has 3 aromatic rings. The lowest BCUT2D eigenvalue weighted by molar-refractivity contribution is 0.0835. The number of hydrogen-bond donors (Lipinski definition) is 2. The van der Waals surface area contributed by atoms with Gasteiger partial charge in [-0.3, -0.25) is 0 Å². The van der Waals surface area contributed by atoms with Gasteiger partial charge in [0.05, 0.1) is 6.54 Å². The third kappa shape index (κ3) is 3.74. The topological polar surface area (TPSA) is 119 Å². The number of urea groups is 1. The fourth-order valence-electron chi connectivity index (χ4n) is 3.17. The largest absolute Gasteiger partial charge is 0.423 e. The lowest BCUT2D eigenvalue weighted by Crippen LogP contribution is -2.29. The van der Waals surface area contributed by atoms with Crippen LogP contribution in [0.15, 0.2) is 31.9 Å². The van der Waals surface area contributed by atoms with Crippen LogP contribution in [-0.2, 0) is 11.3 Å². The van der Waals surface area contributed by atoms with Crippen molar-refractivity contribution in [3.05, 3.63) is 51.5 Å². The minimum absolute atomic E-state index is 0.128. The molecule has 0 bridgehead atoms. The highest BCUT2D eigenvalue weighted by Crippen LogP contribution is 2.27. The van der Waals surface area contributed by atoms with Crippen LogP contribution < -0.4 is 16.3 Å². The number of rotatable bonds is 4. The van der Waals surface area contributed by atoms with Crippen LogP contribution in [0.5, 0.6) is 0 Å². The van der Waals surface area contributed by atoms with Gasteiger partial charge < -0.3 is 24.3 Å². The summed E-state index contributed by atoms with van der Waals surface area (Å²) in [4.78, 5) is 28.0. The van der Waals surface area contributed by atoms with Gasteiger partial charge in [-0.1, -0.05) is 5.16 Å². The quantitative estimate of drug-likeness (QED) is 0.664. The number of aryl methyl sites for hydroxylation is 2. The fourth-order valence-corrected chi connectivity index (χ4v) is 3.17. The van der Waals surface area contributed by atoms with Crippen molar-refractivity contribution in [3.8, 4) is 0 Å². The molecule has 0 spiro atoms. The summed E-state index contributed by atoms with van der Waals surface area (Å²) >= 11 is 0. The predicted molar refractivity (Wildman–Crippen MR) is 100 cm³/mol. The van der Waals surface area contributed by atoms with Crippen molar-refractivity contribution in [2.75, 3.05) is 11.9 Å². The summed E-state index contributed by atoms with van der Waals surface area (Å²) in [6.07, 6.45) is 1.67. The van der Waals surface area contributed by atoms with Gasteiger partial charge in [0.15, 0.2) is 5.82 Å². The second-order valence-corrected chi connectivity index (χ2v) is 6.77. The molecular formula is C19H20N4O5. The van der Waals surface area contributed by atoms with E-state index in [1.165, 1.54) is 6.07 Å². The summed E-state index contributed by atoms with van der Waals surface area (Å²) in [6.45, 7) is 4.46. The van der Waals surface area contributed by atoms with Crippen molar-refractivity contribution in [2.24, 2.45) is 0 Å². The van der Waals surface area contributed by atoms with Crippen LogP contribution in [0.25, 0.3) is 11.0 Å². The molecule has 9 nitrogen and oxygen atoms in total. The van der Waals surface area contributed by atoms with E-state index in [4.69, 9.17) is 13.7 Å². The van der Waals surface area contributed by atoms with Crippen molar-refractivity contribution in [3.63, 3.8) is 0 Å². The van der Waals surface area contributed by atoms with Gasteiger partial charge >= 0.3 is 11.7 Å². The standard InChI is InChI=1S/C19H20N4O5/c1-10-7-17(24)27-15-6-11(2)13(8-12(10)15)21-19(25)20-9-16-22-18(28-23-16)14-4-3-5-26-14/h6-8,14H,3-5,9H2,1-2H3,(H2,20,21,25)/t14-/m1/s1. The molecule has 0 radical (unpaired) electrons. The number of ether oxygens (including phenoxy) is 1. The molecule has 0 saturated carbocycles. The van der Waals surface area contributed by atoms with Crippen LogP contribution in [0, 0.1) is 13.8 Å². The number of carbonyl (C=O) groups is 1. The van der Waals surface area contributed by atoms with Crippen LogP contribution >= 0.6 is 0 Å². The van der Waals surface area contributed by atoms with Gasteiger partial charge in [0, 0.05) is 23.7 Å². The van der Waals surface area contributed by atoms with Crippen LogP contribution in [0.3, 0.4) is 0 Å². The summed E-state index contributed by atoms with van der Waals surface area (Å²) in [5.41, 5.74) is 2.27. The van der Waals surface area contributed by atoms with E-state index in [0.717, 1.165) is 29.4 Å². The minimum atomic E-state index is -0.402. The Balaban J connectivity index is 1.42. The number of nitrogens with one attached hydrogen (secondary N) is 2. The molecule has 0 aliphatic carbocycles. The van der Waals surface area contributed by atoms with Crippen molar-refractivity contribution < 1.29 is 18.5 Å². The van der Waals surface area contributed by atoms with Crippen LogP contribution in [-0.4, -0.2) is 22.8 Å². The second-order valence-electron chi connectivity index (χ2n) is 6.77. The van der Waals surface area contributed by atoms with E-state index >= 15 is 0 Å². The van der Waals surface area contributed by atoms with Crippen molar-refractivity contribution in [1.82, 2.24) is 15.5 Å². The van der Waals surface area contributed by atoms with E-state index in [0.29, 0.717) is 29.6 Å². The lowest BCUT2D eigenvalue weighted by atomic mass is 10.1. The van der Waals surface area contributed by atoms with Gasteiger partial charge in [-0.05, 0) is 49.9 Å². The molecule has 28 heavy (non-hydrogen) atoms. The Morgan fingerprint density at radius 3 is 2.89 bits per heavy atom. The van der Waals surface area contributed by atoms with Gasteiger partial charge in [0.2, 0.25) is 0 Å². The Bertz CT molecular complexity index is 1080. The molecule has 1 saturated heterocycles. The van der Waals surface area contributed by atoms with E-state index in [1.807, 2.05) is 13.8 Å².